The molecule has 1 aromatic heterocycles. The van der Waals surface area contributed by atoms with E-state index in [1.165, 1.54) is 11.4 Å². The van der Waals surface area contributed by atoms with Crippen molar-refractivity contribution in [3.63, 3.8) is 0 Å². The van der Waals surface area contributed by atoms with E-state index in [9.17, 15) is 22.8 Å². The molecule has 9 heteroatoms. The van der Waals surface area contributed by atoms with Crippen molar-refractivity contribution in [3.8, 4) is 0 Å². The van der Waals surface area contributed by atoms with E-state index in [-0.39, 0.29) is 10.6 Å². The highest BCUT2D eigenvalue weighted by Crippen LogP contribution is 2.27. The minimum absolute atomic E-state index is 0.0578. The number of halogens is 4. The monoisotopic (exact) mass is 348 g/mol. The second-order valence-corrected chi connectivity index (χ2v) is 5.43. The fourth-order valence-electron chi connectivity index (χ4n) is 1.49. The third kappa shape index (κ3) is 3.99. The van der Waals surface area contributed by atoms with Crippen molar-refractivity contribution >= 4 is 45.4 Å². The van der Waals surface area contributed by atoms with Crippen LogP contribution >= 0.6 is 22.9 Å². The second-order valence-electron chi connectivity index (χ2n) is 4.08. The molecule has 0 saturated heterocycles. The molecule has 0 bridgehead atoms. The van der Waals surface area contributed by atoms with Crippen molar-refractivity contribution in [2.45, 2.75) is 6.18 Å². The molecular weight excluding hydrogens is 341 g/mol. The molecule has 2 aromatic rings. The normalized spacial score (nSPS) is 11.1. The van der Waals surface area contributed by atoms with Gasteiger partial charge >= 0.3 is 12.1 Å². The van der Waals surface area contributed by atoms with Gasteiger partial charge in [-0.05, 0) is 35.7 Å². The predicted octanol–water partition coefficient (Wildman–Crippen LogP) is 4.15. The van der Waals surface area contributed by atoms with Gasteiger partial charge in [-0.3, -0.25) is 9.59 Å². The number of anilines is 2. The molecule has 0 aliphatic heterocycles. The summed E-state index contributed by atoms with van der Waals surface area (Å²) in [6.07, 6.45) is -5.02. The Morgan fingerprint density at radius 3 is 2.27 bits per heavy atom. The third-order valence-electron chi connectivity index (χ3n) is 2.50. The standard InChI is InChI=1S/C13H8ClF3N2O2S/c14-7-1-3-8(4-2-7)18-10(20)9-5-6-22-11(9)19-12(21)13(15,16)17/h1-6H,(H,18,20)(H,19,21). The topological polar surface area (TPSA) is 58.2 Å². The first-order valence-electron chi connectivity index (χ1n) is 5.80. The first-order chi connectivity index (χ1) is 10.3. The number of alkyl halides is 3. The quantitative estimate of drug-likeness (QED) is 0.875. The summed E-state index contributed by atoms with van der Waals surface area (Å²) < 4.78 is 36.7. The molecule has 0 atom stereocenters. The van der Waals surface area contributed by atoms with Gasteiger partial charge in [0.2, 0.25) is 0 Å². The van der Waals surface area contributed by atoms with Crippen LogP contribution in [0.3, 0.4) is 0 Å². The molecule has 22 heavy (non-hydrogen) atoms. The average Bonchev–Trinajstić information content (AvgIpc) is 2.88. The lowest BCUT2D eigenvalue weighted by Crippen LogP contribution is -2.30. The lowest BCUT2D eigenvalue weighted by atomic mass is 10.2. The molecule has 2 rings (SSSR count). The first kappa shape index (κ1) is 16.3. The van der Waals surface area contributed by atoms with Crippen LogP contribution in [0.1, 0.15) is 10.4 Å². The van der Waals surface area contributed by atoms with Crippen molar-refractivity contribution in [3.05, 3.63) is 46.3 Å². The summed E-state index contributed by atoms with van der Waals surface area (Å²) >= 11 is 6.53. The van der Waals surface area contributed by atoms with Gasteiger partial charge in [-0.2, -0.15) is 13.2 Å². The van der Waals surface area contributed by atoms with Gasteiger partial charge in [0, 0.05) is 10.7 Å². The largest absolute Gasteiger partial charge is 0.471 e. The Kier molecular flexibility index (Phi) is 4.72. The molecule has 0 aliphatic carbocycles. The van der Waals surface area contributed by atoms with Crippen molar-refractivity contribution in [1.82, 2.24) is 0 Å². The van der Waals surface area contributed by atoms with Crippen LogP contribution in [0.4, 0.5) is 23.9 Å². The Hall–Kier alpha value is -2.06. The Labute approximate surface area is 131 Å². The Bertz CT molecular complexity index is 698. The number of hydrogen-bond acceptors (Lipinski definition) is 3. The molecule has 0 unspecified atom stereocenters. The van der Waals surface area contributed by atoms with Crippen LogP contribution in [-0.4, -0.2) is 18.0 Å². The number of hydrogen-bond donors (Lipinski definition) is 2. The average molecular weight is 349 g/mol. The number of rotatable bonds is 3. The molecule has 2 N–H and O–H groups in total. The fourth-order valence-corrected chi connectivity index (χ4v) is 2.40. The summed E-state index contributed by atoms with van der Waals surface area (Å²) in [5.74, 6) is -2.77. The maximum atomic E-state index is 12.2. The number of amides is 2. The summed E-state index contributed by atoms with van der Waals surface area (Å²) in [6.45, 7) is 0. The molecule has 4 nitrogen and oxygen atoms in total. The van der Waals surface area contributed by atoms with Crippen LogP contribution in [0.2, 0.25) is 5.02 Å². The van der Waals surface area contributed by atoms with Crippen LogP contribution in [0.15, 0.2) is 35.7 Å². The zero-order valence-corrected chi connectivity index (χ0v) is 12.3. The van der Waals surface area contributed by atoms with Crippen molar-refractivity contribution in [2.75, 3.05) is 10.6 Å². The van der Waals surface area contributed by atoms with Crippen LogP contribution in [0, 0.1) is 0 Å². The summed E-state index contributed by atoms with van der Waals surface area (Å²) in [5, 5.41) is 5.89. The molecule has 1 heterocycles. The highest BCUT2D eigenvalue weighted by atomic mass is 35.5. The lowest BCUT2D eigenvalue weighted by molar-refractivity contribution is -0.167. The second kappa shape index (κ2) is 6.37. The summed E-state index contributed by atoms with van der Waals surface area (Å²) in [7, 11) is 0. The zero-order chi connectivity index (χ0) is 16.3. The van der Waals surface area contributed by atoms with Crippen LogP contribution in [0.5, 0.6) is 0 Å². The number of carbonyl (C=O) groups is 2. The molecule has 116 valence electrons. The maximum absolute atomic E-state index is 12.2. The van der Waals surface area contributed by atoms with E-state index in [1.807, 2.05) is 0 Å². The molecule has 0 aliphatic rings. The summed E-state index contributed by atoms with van der Waals surface area (Å²) in [4.78, 5) is 23.0. The summed E-state index contributed by atoms with van der Waals surface area (Å²) in [6, 6.07) is 7.51. The first-order valence-corrected chi connectivity index (χ1v) is 7.05. The van der Waals surface area contributed by atoms with Gasteiger partial charge < -0.3 is 10.6 Å². The van der Waals surface area contributed by atoms with Gasteiger partial charge in [0.1, 0.15) is 5.00 Å². The van der Waals surface area contributed by atoms with Gasteiger partial charge in [0.25, 0.3) is 5.91 Å². The summed E-state index contributed by atoms with van der Waals surface area (Å²) in [5.41, 5.74) is 0.367. The highest BCUT2D eigenvalue weighted by molar-refractivity contribution is 7.14. The predicted molar refractivity (Wildman–Crippen MR) is 78.4 cm³/mol. The van der Waals surface area contributed by atoms with Gasteiger partial charge in [-0.25, -0.2) is 0 Å². The minimum Gasteiger partial charge on any atom is -0.322 e. The van der Waals surface area contributed by atoms with Crippen LogP contribution in [-0.2, 0) is 4.79 Å². The molecule has 0 radical (unpaired) electrons. The fraction of sp³-hybridized carbons (Fsp3) is 0.0769. The van der Waals surface area contributed by atoms with Crippen LogP contribution in [0.25, 0.3) is 0 Å². The number of benzene rings is 1. The van der Waals surface area contributed by atoms with E-state index in [2.05, 4.69) is 5.32 Å². The molecule has 0 saturated carbocycles. The maximum Gasteiger partial charge on any atom is 0.471 e. The van der Waals surface area contributed by atoms with E-state index in [1.54, 1.807) is 29.6 Å². The van der Waals surface area contributed by atoms with E-state index in [0.29, 0.717) is 10.7 Å². The van der Waals surface area contributed by atoms with E-state index in [0.717, 1.165) is 11.3 Å². The number of thiophene rings is 1. The number of carbonyl (C=O) groups excluding carboxylic acids is 2. The highest BCUT2D eigenvalue weighted by Gasteiger charge is 2.39. The van der Waals surface area contributed by atoms with Crippen LogP contribution < -0.4 is 10.6 Å². The molecule has 2 amide bonds. The van der Waals surface area contributed by atoms with E-state index in [4.69, 9.17) is 11.6 Å². The molecule has 0 fully saturated rings. The molecule has 0 spiro atoms. The lowest BCUT2D eigenvalue weighted by Gasteiger charge is -2.09. The third-order valence-corrected chi connectivity index (χ3v) is 3.58. The molecule has 1 aromatic carbocycles. The SMILES string of the molecule is O=C(Nc1ccc(Cl)cc1)c1ccsc1NC(=O)C(F)(F)F. The van der Waals surface area contributed by atoms with Gasteiger partial charge in [0.15, 0.2) is 0 Å². The Balaban J connectivity index is 2.13. The smallest absolute Gasteiger partial charge is 0.322 e. The van der Waals surface area contributed by atoms with Gasteiger partial charge in [-0.1, -0.05) is 11.6 Å². The molecular formula is C13H8ClF3N2O2S. The van der Waals surface area contributed by atoms with Crippen molar-refractivity contribution < 1.29 is 22.8 Å². The van der Waals surface area contributed by atoms with Gasteiger partial charge in [-0.15, -0.1) is 11.3 Å². The van der Waals surface area contributed by atoms with E-state index >= 15 is 0 Å². The Morgan fingerprint density at radius 1 is 1.05 bits per heavy atom. The van der Waals surface area contributed by atoms with Crippen molar-refractivity contribution in [1.29, 1.82) is 0 Å². The van der Waals surface area contributed by atoms with Gasteiger partial charge in [0.05, 0.1) is 5.56 Å². The zero-order valence-electron chi connectivity index (χ0n) is 10.7. The van der Waals surface area contributed by atoms with Crippen molar-refractivity contribution in [2.24, 2.45) is 0 Å². The van der Waals surface area contributed by atoms with E-state index < -0.39 is 18.0 Å². The Morgan fingerprint density at radius 2 is 1.68 bits per heavy atom. The minimum atomic E-state index is -5.02. The number of nitrogens with one attached hydrogen (secondary N) is 2.